The highest BCUT2D eigenvalue weighted by Gasteiger charge is 2.08. The number of pyridine rings is 1. The number of benzene rings is 1. The van der Waals surface area contributed by atoms with Gasteiger partial charge in [-0.05, 0) is 25.5 Å². The second-order valence-corrected chi connectivity index (χ2v) is 4.63. The Morgan fingerprint density at radius 2 is 1.89 bits per heavy atom. The first kappa shape index (κ1) is 12.6. The molecule has 0 saturated heterocycles. The zero-order valence-electron chi connectivity index (χ0n) is 11.0. The van der Waals surface area contributed by atoms with Crippen molar-refractivity contribution < 1.29 is 0 Å². The van der Waals surface area contributed by atoms with Crippen LogP contribution in [0.1, 0.15) is 16.7 Å². The van der Waals surface area contributed by atoms with E-state index in [4.69, 9.17) is 5.73 Å². The van der Waals surface area contributed by atoms with Gasteiger partial charge in [-0.25, -0.2) is 0 Å². The van der Waals surface area contributed by atoms with Crippen molar-refractivity contribution >= 4 is 0 Å². The van der Waals surface area contributed by atoms with Crippen molar-refractivity contribution in [2.24, 2.45) is 12.8 Å². The minimum absolute atomic E-state index is 0.0185. The Morgan fingerprint density at radius 1 is 1.17 bits per heavy atom. The second-order valence-electron chi connectivity index (χ2n) is 4.63. The summed E-state index contributed by atoms with van der Waals surface area (Å²) in [5.41, 5.74) is 10.6. The molecule has 0 fully saturated rings. The van der Waals surface area contributed by atoms with Gasteiger partial charge in [0, 0.05) is 24.7 Å². The second kappa shape index (κ2) is 4.78. The summed E-state index contributed by atoms with van der Waals surface area (Å²) in [5, 5.41) is 0. The molecule has 0 unspecified atom stereocenters. The Kier molecular flexibility index (Phi) is 3.34. The van der Waals surface area contributed by atoms with Crippen LogP contribution in [0.25, 0.3) is 11.3 Å². The Morgan fingerprint density at radius 3 is 2.50 bits per heavy atom. The molecule has 2 N–H and O–H groups in total. The molecular weight excluding hydrogens is 224 g/mol. The summed E-state index contributed by atoms with van der Waals surface area (Å²) >= 11 is 0. The van der Waals surface area contributed by atoms with E-state index in [0.717, 1.165) is 11.3 Å². The van der Waals surface area contributed by atoms with Crippen LogP contribution in [-0.4, -0.2) is 4.57 Å². The average molecular weight is 242 g/mol. The zero-order valence-corrected chi connectivity index (χ0v) is 11.0. The van der Waals surface area contributed by atoms with Crippen molar-refractivity contribution in [3.05, 3.63) is 57.4 Å². The van der Waals surface area contributed by atoms with Crippen molar-refractivity contribution in [2.75, 3.05) is 0 Å². The van der Waals surface area contributed by atoms with Gasteiger partial charge in [-0.15, -0.1) is 0 Å². The summed E-state index contributed by atoms with van der Waals surface area (Å²) in [4.78, 5) is 12.1. The minimum Gasteiger partial charge on any atom is -0.326 e. The summed E-state index contributed by atoms with van der Waals surface area (Å²) in [5.74, 6) is 0. The first-order valence-corrected chi connectivity index (χ1v) is 6.01. The van der Waals surface area contributed by atoms with Gasteiger partial charge in [0.1, 0.15) is 0 Å². The third kappa shape index (κ3) is 2.09. The Labute approximate surface area is 107 Å². The van der Waals surface area contributed by atoms with E-state index in [0.29, 0.717) is 5.56 Å². The van der Waals surface area contributed by atoms with Crippen molar-refractivity contribution in [2.45, 2.75) is 20.4 Å². The molecule has 0 aliphatic rings. The SMILES string of the molecule is Cc1ccc(-c2ccc(CN)c(=O)n2C)c(C)c1. The third-order valence-electron chi connectivity index (χ3n) is 3.26. The molecular formula is C15H18N2O. The molecule has 1 aromatic heterocycles. The molecule has 94 valence electrons. The van der Waals surface area contributed by atoms with Gasteiger partial charge in [0.05, 0.1) is 5.69 Å². The summed E-state index contributed by atoms with van der Waals surface area (Å²) < 4.78 is 1.67. The maximum absolute atomic E-state index is 12.1. The minimum atomic E-state index is -0.0185. The number of hydrogen-bond donors (Lipinski definition) is 1. The number of rotatable bonds is 2. The van der Waals surface area contributed by atoms with Gasteiger partial charge in [-0.3, -0.25) is 4.79 Å². The molecule has 0 spiro atoms. The molecule has 2 rings (SSSR count). The molecule has 0 aliphatic carbocycles. The molecule has 0 radical (unpaired) electrons. The fourth-order valence-electron chi connectivity index (χ4n) is 2.21. The van der Waals surface area contributed by atoms with Crippen LogP contribution in [0.4, 0.5) is 0 Å². The molecule has 0 atom stereocenters. The molecule has 3 nitrogen and oxygen atoms in total. The number of nitrogens with two attached hydrogens (primary N) is 1. The van der Waals surface area contributed by atoms with Gasteiger partial charge in [0.15, 0.2) is 0 Å². The monoisotopic (exact) mass is 242 g/mol. The van der Waals surface area contributed by atoms with Gasteiger partial charge in [0.25, 0.3) is 5.56 Å². The largest absolute Gasteiger partial charge is 0.326 e. The van der Waals surface area contributed by atoms with E-state index in [9.17, 15) is 4.79 Å². The van der Waals surface area contributed by atoms with E-state index in [1.165, 1.54) is 11.1 Å². The molecule has 3 heteroatoms. The molecule has 18 heavy (non-hydrogen) atoms. The summed E-state index contributed by atoms with van der Waals surface area (Å²) in [6, 6.07) is 10.0. The average Bonchev–Trinajstić information content (AvgIpc) is 2.34. The van der Waals surface area contributed by atoms with Crippen molar-refractivity contribution in [1.29, 1.82) is 0 Å². The van der Waals surface area contributed by atoms with Crippen LogP contribution in [0.2, 0.25) is 0 Å². The van der Waals surface area contributed by atoms with Gasteiger partial charge >= 0.3 is 0 Å². The molecule has 0 amide bonds. The van der Waals surface area contributed by atoms with Crippen molar-refractivity contribution in [1.82, 2.24) is 4.57 Å². The van der Waals surface area contributed by atoms with E-state index >= 15 is 0 Å². The lowest BCUT2D eigenvalue weighted by Gasteiger charge is -2.12. The van der Waals surface area contributed by atoms with E-state index in [1.54, 1.807) is 11.6 Å². The molecule has 2 aromatic rings. The normalized spacial score (nSPS) is 10.7. The van der Waals surface area contributed by atoms with Gasteiger partial charge < -0.3 is 10.3 Å². The van der Waals surface area contributed by atoms with E-state index in [2.05, 4.69) is 32.0 Å². The smallest absolute Gasteiger partial charge is 0.255 e. The topological polar surface area (TPSA) is 48.0 Å². The number of aryl methyl sites for hydroxylation is 2. The predicted molar refractivity (Wildman–Crippen MR) is 74.5 cm³/mol. The van der Waals surface area contributed by atoms with Crippen molar-refractivity contribution in [3.8, 4) is 11.3 Å². The lowest BCUT2D eigenvalue weighted by Crippen LogP contribution is -2.24. The van der Waals surface area contributed by atoms with E-state index in [-0.39, 0.29) is 12.1 Å². The van der Waals surface area contributed by atoms with E-state index in [1.807, 2.05) is 12.1 Å². The van der Waals surface area contributed by atoms with E-state index < -0.39 is 0 Å². The number of aromatic nitrogens is 1. The molecule has 1 aromatic carbocycles. The standard InChI is InChI=1S/C15H18N2O/c1-10-4-6-13(11(2)8-10)14-7-5-12(9-16)15(18)17(14)3/h4-8H,9,16H2,1-3H3. The van der Waals surface area contributed by atoms with Gasteiger partial charge in [-0.2, -0.15) is 0 Å². The Hall–Kier alpha value is -1.87. The number of hydrogen-bond acceptors (Lipinski definition) is 2. The summed E-state index contributed by atoms with van der Waals surface area (Å²) in [6.07, 6.45) is 0. The van der Waals surface area contributed by atoms with Crippen LogP contribution in [0, 0.1) is 13.8 Å². The molecule has 0 saturated carbocycles. The van der Waals surface area contributed by atoms with Crippen LogP contribution in [-0.2, 0) is 13.6 Å². The highest BCUT2D eigenvalue weighted by molar-refractivity contribution is 5.64. The predicted octanol–water partition coefficient (Wildman–Crippen LogP) is 2.13. The summed E-state index contributed by atoms with van der Waals surface area (Å²) in [7, 11) is 1.79. The third-order valence-corrected chi connectivity index (χ3v) is 3.26. The maximum atomic E-state index is 12.1. The Balaban J connectivity index is 2.65. The van der Waals surface area contributed by atoms with Crippen molar-refractivity contribution in [3.63, 3.8) is 0 Å². The van der Waals surface area contributed by atoms with Crippen LogP contribution in [0.5, 0.6) is 0 Å². The fourth-order valence-corrected chi connectivity index (χ4v) is 2.21. The fraction of sp³-hybridized carbons (Fsp3) is 0.267. The van der Waals surface area contributed by atoms with Crippen LogP contribution >= 0.6 is 0 Å². The van der Waals surface area contributed by atoms with Crippen LogP contribution < -0.4 is 11.3 Å². The maximum Gasteiger partial charge on any atom is 0.255 e. The molecule has 0 aliphatic heterocycles. The highest BCUT2D eigenvalue weighted by atomic mass is 16.1. The first-order valence-electron chi connectivity index (χ1n) is 6.01. The molecule has 0 bridgehead atoms. The quantitative estimate of drug-likeness (QED) is 0.877. The van der Waals surface area contributed by atoms with Crippen LogP contribution in [0.3, 0.4) is 0 Å². The highest BCUT2D eigenvalue weighted by Crippen LogP contribution is 2.22. The van der Waals surface area contributed by atoms with Gasteiger partial charge in [0.2, 0.25) is 0 Å². The molecule has 1 heterocycles. The van der Waals surface area contributed by atoms with Gasteiger partial charge in [-0.1, -0.05) is 29.8 Å². The first-order chi connectivity index (χ1) is 8.54. The Bertz CT molecular complexity index is 641. The van der Waals surface area contributed by atoms with Crippen LogP contribution in [0.15, 0.2) is 35.1 Å². The lowest BCUT2D eigenvalue weighted by molar-refractivity contribution is 0.838. The zero-order chi connectivity index (χ0) is 13.3. The lowest BCUT2D eigenvalue weighted by atomic mass is 10.0. The number of nitrogens with zero attached hydrogens (tertiary/aromatic N) is 1. The summed E-state index contributed by atoms with van der Waals surface area (Å²) in [6.45, 7) is 4.40.